The first-order chi connectivity index (χ1) is 7.70. The first-order valence-electron chi connectivity index (χ1n) is 5.53. The van der Waals surface area contributed by atoms with Crippen LogP contribution in [-0.2, 0) is 12.8 Å². The Balaban J connectivity index is 2.73. The number of fused-ring (bicyclic) bond motifs is 1. The lowest BCUT2D eigenvalue weighted by Gasteiger charge is -2.23. The van der Waals surface area contributed by atoms with Crippen LogP contribution in [0.1, 0.15) is 39.9 Å². The normalized spacial score (nSPS) is 14.4. The molecule has 1 aromatic rings. The lowest BCUT2D eigenvalue weighted by molar-refractivity contribution is 0.111. The second-order valence-electron chi connectivity index (χ2n) is 4.17. The van der Waals surface area contributed by atoms with E-state index in [0.717, 1.165) is 29.2 Å². The highest BCUT2D eigenvalue weighted by Gasteiger charge is 2.22. The van der Waals surface area contributed by atoms with Crippen molar-refractivity contribution in [2.24, 2.45) is 0 Å². The molecule has 0 saturated carbocycles. The molecule has 0 radical (unpaired) electrons. The summed E-state index contributed by atoms with van der Waals surface area (Å²) < 4.78 is 6.31. The number of rotatable bonds is 2. The van der Waals surface area contributed by atoms with E-state index in [1.165, 1.54) is 24.0 Å². The van der Waals surface area contributed by atoms with E-state index < -0.39 is 0 Å². The van der Waals surface area contributed by atoms with Crippen LogP contribution in [0.3, 0.4) is 0 Å². The fraction of sp³-hybridized carbons (Fsp3) is 0.462. The van der Waals surface area contributed by atoms with Gasteiger partial charge in [0.25, 0.3) is 0 Å². The molecule has 1 aromatic carbocycles. The highest BCUT2D eigenvalue weighted by atomic mass is 79.9. The van der Waals surface area contributed by atoms with E-state index in [-0.39, 0.29) is 0 Å². The summed E-state index contributed by atoms with van der Waals surface area (Å²) in [5.74, 6) is 0.688. The molecule has 0 fully saturated rings. The lowest BCUT2D eigenvalue weighted by Crippen LogP contribution is -2.10. The number of ether oxygens (including phenoxy) is 1. The Labute approximate surface area is 104 Å². The Morgan fingerprint density at radius 3 is 2.44 bits per heavy atom. The van der Waals surface area contributed by atoms with Crippen LogP contribution in [0.25, 0.3) is 0 Å². The largest absolute Gasteiger partial charge is 0.495 e. The van der Waals surface area contributed by atoms with E-state index in [2.05, 4.69) is 15.9 Å². The van der Waals surface area contributed by atoms with Gasteiger partial charge >= 0.3 is 0 Å². The molecule has 0 aliphatic heterocycles. The van der Waals surface area contributed by atoms with Crippen LogP contribution in [0.5, 0.6) is 5.75 Å². The molecule has 2 nitrogen and oxygen atoms in total. The molecule has 3 heteroatoms. The summed E-state index contributed by atoms with van der Waals surface area (Å²) in [6.45, 7) is 2.02. The van der Waals surface area contributed by atoms with E-state index in [4.69, 9.17) is 4.74 Å². The maximum atomic E-state index is 11.1. The highest BCUT2D eigenvalue weighted by molar-refractivity contribution is 9.10. The molecule has 0 heterocycles. The molecule has 0 N–H and O–H groups in total. The molecule has 2 rings (SSSR count). The van der Waals surface area contributed by atoms with Gasteiger partial charge in [-0.15, -0.1) is 0 Å². The third-order valence-electron chi connectivity index (χ3n) is 3.36. The fourth-order valence-corrected chi connectivity index (χ4v) is 3.30. The predicted octanol–water partition coefficient (Wildman–Crippen LogP) is 3.46. The zero-order chi connectivity index (χ0) is 11.7. The first kappa shape index (κ1) is 11.6. The Kier molecular flexibility index (Phi) is 3.33. The van der Waals surface area contributed by atoms with Gasteiger partial charge in [-0.05, 0) is 65.2 Å². The average molecular weight is 283 g/mol. The Bertz CT molecular complexity index is 438. The summed E-state index contributed by atoms with van der Waals surface area (Å²) in [6.07, 6.45) is 5.48. The van der Waals surface area contributed by atoms with Gasteiger partial charge in [-0.1, -0.05) is 0 Å². The number of hydrogen-bond acceptors (Lipinski definition) is 2. The molecule has 0 aromatic heterocycles. The summed E-state index contributed by atoms with van der Waals surface area (Å²) in [4.78, 5) is 11.1. The van der Waals surface area contributed by atoms with Crippen LogP contribution in [0.15, 0.2) is 4.47 Å². The van der Waals surface area contributed by atoms with E-state index in [1.54, 1.807) is 7.11 Å². The van der Waals surface area contributed by atoms with Crippen molar-refractivity contribution in [2.75, 3.05) is 7.11 Å². The predicted molar refractivity (Wildman–Crippen MR) is 67.5 cm³/mol. The van der Waals surface area contributed by atoms with E-state index >= 15 is 0 Å². The molecular formula is C13H15BrO2. The summed E-state index contributed by atoms with van der Waals surface area (Å²) in [5.41, 5.74) is 4.44. The summed E-state index contributed by atoms with van der Waals surface area (Å²) >= 11 is 3.57. The van der Waals surface area contributed by atoms with Gasteiger partial charge in [0.15, 0.2) is 6.29 Å². The molecule has 0 unspecified atom stereocenters. The van der Waals surface area contributed by atoms with Gasteiger partial charge in [0.05, 0.1) is 17.1 Å². The van der Waals surface area contributed by atoms with Crippen LogP contribution in [0.2, 0.25) is 0 Å². The first-order valence-corrected chi connectivity index (χ1v) is 6.33. The van der Waals surface area contributed by atoms with Gasteiger partial charge in [0, 0.05) is 0 Å². The van der Waals surface area contributed by atoms with Crippen LogP contribution >= 0.6 is 15.9 Å². The maximum absolute atomic E-state index is 11.1. The highest BCUT2D eigenvalue weighted by Crippen LogP contribution is 2.40. The van der Waals surface area contributed by atoms with Crippen molar-refractivity contribution in [1.29, 1.82) is 0 Å². The summed E-state index contributed by atoms with van der Waals surface area (Å²) in [5, 5.41) is 0. The number of aldehydes is 1. The molecule has 0 saturated heterocycles. The number of hydrogen-bond donors (Lipinski definition) is 0. The molecule has 1 aliphatic carbocycles. The van der Waals surface area contributed by atoms with Crippen LogP contribution in [0.4, 0.5) is 0 Å². The van der Waals surface area contributed by atoms with E-state index in [9.17, 15) is 4.79 Å². The van der Waals surface area contributed by atoms with Gasteiger partial charge in [-0.2, -0.15) is 0 Å². The SMILES string of the molecule is COc1c(Br)c2c(c(C)c1C=O)CCCC2. The molecule has 0 spiro atoms. The minimum Gasteiger partial charge on any atom is -0.495 e. The molecule has 0 amide bonds. The fourth-order valence-electron chi connectivity index (χ4n) is 2.49. The smallest absolute Gasteiger partial charge is 0.154 e. The van der Waals surface area contributed by atoms with Crippen molar-refractivity contribution < 1.29 is 9.53 Å². The molecule has 1 aliphatic rings. The second-order valence-corrected chi connectivity index (χ2v) is 4.96. The molecule has 0 bridgehead atoms. The number of carbonyl (C=O) groups excluding carboxylic acids is 1. The van der Waals surface area contributed by atoms with Crippen molar-refractivity contribution >= 4 is 22.2 Å². The van der Waals surface area contributed by atoms with Crippen molar-refractivity contribution in [3.05, 3.63) is 26.7 Å². The number of carbonyl (C=O) groups is 1. The van der Waals surface area contributed by atoms with Crippen LogP contribution in [-0.4, -0.2) is 13.4 Å². The Morgan fingerprint density at radius 2 is 1.88 bits per heavy atom. The van der Waals surface area contributed by atoms with E-state index in [0.29, 0.717) is 11.3 Å². The van der Waals surface area contributed by atoms with Gasteiger partial charge in [0.2, 0.25) is 0 Å². The Hall–Kier alpha value is -0.830. The van der Waals surface area contributed by atoms with Crippen LogP contribution < -0.4 is 4.74 Å². The number of methoxy groups -OCH3 is 1. The number of halogens is 1. The second kappa shape index (κ2) is 4.58. The zero-order valence-corrected chi connectivity index (χ0v) is 11.2. The number of benzene rings is 1. The minimum atomic E-state index is 0.688. The Morgan fingerprint density at radius 1 is 1.25 bits per heavy atom. The van der Waals surface area contributed by atoms with Gasteiger partial charge in [-0.25, -0.2) is 0 Å². The average Bonchev–Trinajstić information content (AvgIpc) is 2.33. The third kappa shape index (κ3) is 1.67. The molecular weight excluding hydrogens is 268 g/mol. The van der Waals surface area contributed by atoms with Gasteiger partial charge < -0.3 is 4.74 Å². The van der Waals surface area contributed by atoms with E-state index in [1.807, 2.05) is 6.92 Å². The maximum Gasteiger partial charge on any atom is 0.154 e. The van der Waals surface area contributed by atoms with Crippen molar-refractivity contribution in [3.63, 3.8) is 0 Å². The summed E-state index contributed by atoms with van der Waals surface area (Å²) in [6, 6.07) is 0. The lowest BCUT2D eigenvalue weighted by atomic mass is 9.86. The minimum absolute atomic E-state index is 0.688. The quantitative estimate of drug-likeness (QED) is 0.777. The molecule has 16 heavy (non-hydrogen) atoms. The van der Waals surface area contributed by atoms with Crippen molar-refractivity contribution in [3.8, 4) is 5.75 Å². The monoisotopic (exact) mass is 282 g/mol. The standard InChI is InChI=1S/C13H15BrO2/c1-8-9-5-3-4-6-10(9)12(14)13(16-2)11(8)7-15/h7H,3-6H2,1-2H3. The van der Waals surface area contributed by atoms with Crippen molar-refractivity contribution in [2.45, 2.75) is 32.6 Å². The van der Waals surface area contributed by atoms with Gasteiger partial charge in [-0.3, -0.25) is 4.79 Å². The van der Waals surface area contributed by atoms with Crippen LogP contribution in [0, 0.1) is 6.92 Å². The van der Waals surface area contributed by atoms with Crippen molar-refractivity contribution in [1.82, 2.24) is 0 Å². The zero-order valence-electron chi connectivity index (χ0n) is 9.60. The third-order valence-corrected chi connectivity index (χ3v) is 4.19. The summed E-state index contributed by atoms with van der Waals surface area (Å²) in [7, 11) is 1.61. The molecule has 86 valence electrons. The molecule has 0 atom stereocenters. The van der Waals surface area contributed by atoms with Gasteiger partial charge in [0.1, 0.15) is 5.75 Å². The topological polar surface area (TPSA) is 26.3 Å².